The Bertz CT molecular complexity index is 748. The molecule has 3 rings (SSSR count). The molecule has 0 heterocycles. The van der Waals surface area contributed by atoms with Crippen LogP contribution >= 0.6 is 23.5 Å². The molecule has 1 aliphatic carbocycles. The molecular weight excluding hydrogens is 363 g/mol. The maximum absolute atomic E-state index is 12.9. The molecule has 0 spiro atoms. The van der Waals surface area contributed by atoms with Gasteiger partial charge in [-0.05, 0) is 66.8 Å². The molecule has 2 aromatic rings. The van der Waals surface area contributed by atoms with Crippen LogP contribution in [0.3, 0.4) is 0 Å². The molecule has 0 bridgehead atoms. The van der Waals surface area contributed by atoms with Crippen LogP contribution in [0.2, 0.25) is 0 Å². The highest BCUT2D eigenvalue weighted by Crippen LogP contribution is 2.48. The highest BCUT2D eigenvalue weighted by molar-refractivity contribution is 9.10. The molecule has 0 fully saturated rings. The lowest BCUT2D eigenvalue weighted by Crippen LogP contribution is -2.11. The molecule has 116 valence electrons. The maximum atomic E-state index is 12.9. The first-order valence-electron chi connectivity index (χ1n) is 7.39. The van der Waals surface area contributed by atoms with Gasteiger partial charge in [0, 0.05) is 4.47 Å². The van der Waals surface area contributed by atoms with Gasteiger partial charge in [0.25, 0.3) is 0 Å². The second-order valence-corrected chi connectivity index (χ2v) is 8.10. The fraction of sp³-hybridized carbons (Fsp3) is 0.294. The number of hydrogen-bond donors (Lipinski definition) is 0. The van der Waals surface area contributed by atoms with Crippen molar-refractivity contribution in [2.24, 2.45) is 0 Å². The molecule has 3 nitrogen and oxygen atoms in total. The van der Waals surface area contributed by atoms with Crippen molar-refractivity contribution < 1.29 is 13.6 Å². The normalized spacial score (nSPS) is 13.0. The number of fused-ring (bicyclic) bond motifs is 3. The molecule has 2 aromatic carbocycles. The summed E-state index contributed by atoms with van der Waals surface area (Å²) in [6, 6.07) is 12.2. The number of benzene rings is 2. The second-order valence-electron chi connectivity index (χ2n) is 5.15. The Hall–Kier alpha value is -0.930. The van der Waals surface area contributed by atoms with Crippen LogP contribution in [-0.2, 0) is 20.0 Å². The molecule has 0 radical (unpaired) electrons. The summed E-state index contributed by atoms with van der Waals surface area (Å²) in [7, 11) is -3.22. The Morgan fingerprint density at radius 3 is 2.23 bits per heavy atom. The third kappa shape index (κ3) is 2.81. The van der Waals surface area contributed by atoms with Crippen molar-refractivity contribution in [1.29, 1.82) is 0 Å². The monoisotopic (exact) mass is 380 g/mol. The fourth-order valence-electron chi connectivity index (χ4n) is 2.86. The third-order valence-corrected chi connectivity index (χ3v) is 6.34. The van der Waals surface area contributed by atoms with E-state index in [1.807, 2.05) is 38.1 Å². The minimum atomic E-state index is -3.22. The summed E-state index contributed by atoms with van der Waals surface area (Å²) in [5.74, 6) is 0. The van der Waals surface area contributed by atoms with Crippen molar-refractivity contribution in [2.45, 2.75) is 20.3 Å². The van der Waals surface area contributed by atoms with E-state index < -0.39 is 7.60 Å². The average molecular weight is 381 g/mol. The topological polar surface area (TPSA) is 35.5 Å². The second kappa shape index (κ2) is 6.29. The molecular formula is C17H18BrO3P. The molecule has 0 N–H and O–H groups in total. The van der Waals surface area contributed by atoms with Crippen molar-refractivity contribution in [3.63, 3.8) is 0 Å². The van der Waals surface area contributed by atoms with Gasteiger partial charge in [-0.1, -0.05) is 28.1 Å². The van der Waals surface area contributed by atoms with E-state index in [2.05, 4.69) is 28.1 Å². The summed E-state index contributed by atoms with van der Waals surface area (Å²) in [5, 5.41) is 0.641. The SMILES string of the molecule is CCOP(=O)(OCC)c1ccc2c(c1)Cc1cc(Br)ccc1-2. The van der Waals surface area contributed by atoms with Crippen LogP contribution < -0.4 is 5.30 Å². The van der Waals surface area contributed by atoms with Crippen LogP contribution in [0.4, 0.5) is 0 Å². The molecule has 0 aromatic heterocycles. The van der Waals surface area contributed by atoms with Gasteiger partial charge in [-0.3, -0.25) is 4.57 Å². The zero-order chi connectivity index (χ0) is 15.7. The van der Waals surface area contributed by atoms with Crippen molar-refractivity contribution in [1.82, 2.24) is 0 Å². The fourth-order valence-corrected chi connectivity index (χ4v) is 4.89. The largest absolute Gasteiger partial charge is 0.361 e. The van der Waals surface area contributed by atoms with Gasteiger partial charge in [0.15, 0.2) is 0 Å². The Morgan fingerprint density at radius 2 is 1.59 bits per heavy atom. The molecule has 1 aliphatic rings. The van der Waals surface area contributed by atoms with Crippen LogP contribution in [0.1, 0.15) is 25.0 Å². The van der Waals surface area contributed by atoms with Crippen molar-refractivity contribution in [2.75, 3.05) is 13.2 Å². The first-order chi connectivity index (χ1) is 10.6. The summed E-state index contributed by atoms with van der Waals surface area (Å²) in [5.41, 5.74) is 4.90. The molecule has 5 heteroatoms. The van der Waals surface area contributed by atoms with Gasteiger partial charge in [0.05, 0.1) is 18.5 Å². The molecule has 0 amide bonds. The Balaban J connectivity index is 2.02. The molecule has 0 unspecified atom stereocenters. The predicted octanol–water partition coefficient (Wildman–Crippen LogP) is 4.91. The van der Waals surface area contributed by atoms with E-state index in [9.17, 15) is 4.57 Å². The first kappa shape index (κ1) is 15.9. The zero-order valence-corrected chi connectivity index (χ0v) is 15.1. The standard InChI is InChI=1S/C17H18BrO3P/c1-3-20-22(19,21-4-2)15-6-8-17-13(11-15)9-12-10-14(18)5-7-16(12)17/h5-8,10-11H,3-4,9H2,1-2H3. The zero-order valence-electron chi connectivity index (χ0n) is 12.6. The summed E-state index contributed by atoms with van der Waals surface area (Å²) >= 11 is 3.51. The summed E-state index contributed by atoms with van der Waals surface area (Å²) in [4.78, 5) is 0. The van der Waals surface area contributed by atoms with Crippen LogP contribution in [0.15, 0.2) is 40.9 Å². The summed E-state index contributed by atoms with van der Waals surface area (Å²) < 4.78 is 24.8. The predicted molar refractivity (Wildman–Crippen MR) is 92.9 cm³/mol. The number of halogens is 1. The average Bonchev–Trinajstić information content (AvgIpc) is 2.84. The third-order valence-electron chi connectivity index (χ3n) is 3.74. The van der Waals surface area contributed by atoms with Gasteiger partial charge in [-0.15, -0.1) is 0 Å². The molecule has 0 saturated heterocycles. The quantitative estimate of drug-likeness (QED) is 0.589. The lowest BCUT2D eigenvalue weighted by molar-refractivity contribution is 0.230. The van der Waals surface area contributed by atoms with Crippen LogP contribution in [0.5, 0.6) is 0 Å². The lowest BCUT2D eigenvalue weighted by atomic mass is 10.1. The summed E-state index contributed by atoms with van der Waals surface area (Å²) in [6.07, 6.45) is 0.843. The van der Waals surface area contributed by atoms with Gasteiger partial charge in [0.2, 0.25) is 0 Å². The Labute approximate surface area is 139 Å². The minimum absolute atomic E-state index is 0.363. The van der Waals surface area contributed by atoms with E-state index in [0.717, 1.165) is 10.9 Å². The van der Waals surface area contributed by atoms with Crippen LogP contribution in [-0.4, -0.2) is 13.2 Å². The lowest BCUT2D eigenvalue weighted by Gasteiger charge is -2.18. The van der Waals surface area contributed by atoms with E-state index in [1.165, 1.54) is 22.3 Å². The smallest absolute Gasteiger partial charge is 0.305 e. The van der Waals surface area contributed by atoms with E-state index >= 15 is 0 Å². The molecule has 0 aliphatic heterocycles. The van der Waals surface area contributed by atoms with Gasteiger partial charge in [-0.2, -0.15) is 0 Å². The van der Waals surface area contributed by atoms with Gasteiger partial charge in [0.1, 0.15) is 0 Å². The Kier molecular flexibility index (Phi) is 4.56. The first-order valence-corrected chi connectivity index (χ1v) is 9.72. The molecule has 22 heavy (non-hydrogen) atoms. The molecule has 0 saturated carbocycles. The van der Waals surface area contributed by atoms with Crippen LogP contribution in [0.25, 0.3) is 11.1 Å². The number of rotatable bonds is 5. The van der Waals surface area contributed by atoms with Crippen molar-refractivity contribution in [3.05, 3.63) is 52.0 Å². The summed E-state index contributed by atoms with van der Waals surface area (Å²) in [6.45, 7) is 4.38. The minimum Gasteiger partial charge on any atom is -0.305 e. The van der Waals surface area contributed by atoms with E-state index in [4.69, 9.17) is 9.05 Å². The van der Waals surface area contributed by atoms with E-state index in [1.54, 1.807) is 0 Å². The van der Waals surface area contributed by atoms with Gasteiger partial charge < -0.3 is 9.05 Å². The van der Waals surface area contributed by atoms with E-state index in [0.29, 0.717) is 18.5 Å². The van der Waals surface area contributed by atoms with Crippen LogP contribution in [0, 0.1) is 0 Å². The number of hydrogen-bond acceptors (Lipinski definition) is 3. The highest BCUT2D eigenvalue weighted by atomic mass is 79.9. The Morgan fingerprint density at radius 1 is 1.00 bits per heavy atom. The maximum Gasteiger partial charge on any atom is 0.361 e. The van der Waals surface area contributed by atoms with Gasteiger partial charge in [-0.25, -0.2) is 0 Å². The highest BCUT2D eigenvalue weighted by Gasteiger charge is 2.29. The van der Waals surface area contributed by atoms with E-state index in [-0.39, 0.29) is 0 Å². The van der Waals surface area contributed by atoms with Crippen molar-refractivity contribution >= 4 is 28.8 Å². The van der Waals surface area contributed by atoms with Crippen molar-refractivity contribution in [3.8, 4) is 11.1 Å². The van der Waals surface area contributed by atoms with Gasteiger partial charge >= 0.3 is 7.60 Å². The molecule has 0 atom stereocenters.